The van der Waals surface area contributed by atoms with Crippen molar-refractivity contribution in [1.29, 1.82) is 0 Å². The van der Waals surface area contributed by atoms with E-state index in [0.717, 1.165) is 10.0 Å². The molecule has 17 heavy (non-hydrogen) atoms. The smallest absolute Gasteiger partial charge is 0.134 e. The number of nitrogens with one attached hydrogen (secondary N) is 1. The molecule has 0 saturated carbocycles. The highest BCUT2D eigenvalue weighted by molar-refractivity contribution is 9.10. The monoisotopic (exact) mass is 315 g/mol. The van der Waals surface area contributed by atoms with E-state index >= 15 is 0 Å². The lowest BCUT2D eigenvalue weighted by atomic mass is 10.2. The van der Waals surface area contributed by atoms with Gasteiger partial charge in [0, 0.05) is 17.1 Å². The molecule has 2 aromatic rings. The van der Waals surface area contributed by atoms with Gasteiger partial charge in [0.15, 0.2) is 0 Å². The number of benzene rings is 1. The summed E-state index contributed by atoms with van der Waals surface area (Å²) >= 11 is 9.08. The fourth-order valence-corrected chi connectivity index (χ4v) is 1.83. The molecule has 0 bridgehead atoms. The molecule has 0 aliphatic heterocycles. The lowest BCUT2D eigenvalue weighted by Crippen LogP contribution is -2.02. The first-order valence-corrected chi connectivity index (χ1v) is 5.97. The molecule has 0 saturated heterocycles. The average Bonchev–Trinajstić information content (AvgIpc) is 2.30. The fraction of sp³-hybridized carbons (Fsp3) is 0.0909. The van der Waals surface area contributed by atoms with Gasteiger partial charge >= 0.3 is 0 Å². The van der Waals surface area contributed by atoms with Gasteiger partial charge in [-0.15, -0.1) is 0 Å². The van der Waals surface area contributed by atoms with E-state index in [4.69, 9.17) is 11.6 Å². The number of hydrogen-bond acceptors (Lipinski definition) is 3. The molecule has 3 nitrogen and oxygen atoms in total. The predicted molar refractivity (Wildman–Crippen MR) is 68.5 cm³/mol. The quantitative estimate of drug-likeness (QED) is 0.879. The first-order chi connectivity index (χ1) is 8.15. The van der Waals surface area contributed by atoms with Crippen LogP contribution in [0.5, 0.6) is 0 Å². The standard InChI is InChI=1S/C11H8BrClFN3/c12-9-2-1-8(14)3-7(9)5-15-11-4-10(13)16-6-17-11/h1-4,6H,5H2,(H,15,16,17). The van der Waals surface area contributed by atoms with Crippen LogP contribution in [0.3, 0.4) is 0 Å². The van der Waals surface area contributed by atoms with Crippen molar-refractivity contribution in [3.63, 3.8) is 0 Å². The second-order valence-corrected chi connectivity index (χ2v) is 4.56. The SMILES string of the molecule is Fc1ccc(Br)c(CNc2cc(Cl)ncn2)c1. The summed E-state index contributed by atoms with van der Waals surface area (Å²) in [5, 5.41) is 3.40. The largest absolute Gasteiger partial charge is 0.366 e. The van der Waals surface area contributed by atoms with Crippen LogP contribution in [-0.4, -0.2) is 9.97 Å². The van der Waals surface area contributed by atoms with E-state index in [0.29, 0.717) is 17.5 Å². The van der Waals surface area contributed by atoms with Crippen molar-refractivity contribution in [3.05, 3.63) is 51.6 Å². The highest BCUT2D eigenvalue weighted by atomic mass is 79.9. The van der Waals surface area contributed by atoms with Crippen LogP contribution in [0, 0.1) is 5.82 Å². The van der Waals surface area contributed by atoms with Crippen molar-refractivity contribution < 1.29 is 4.39 Å². The van der Waals surface area contributed by atoms with Crippen LogP contribution < -0.4 is 5.32 Å². The molecule has 0 aliphatic rings. The van der Waals surface area contributed by atoms with Gasteiger partial charge in [0.1, 0.15) is 23.1 Å². The molecule has 0 amide bonds. The van der Waals surface area contributed by atoms with Crippen LogP contribution >= 0.6 is 27.5 Å². The molecule has 88 valence electrons. The van der Waals surface area contributed by atoms with Gasteiger partial charge in [-0.25, -0.2) is 14.4 Å². The Morgan fingerprint density at radius 2 is 2.12 bits per heavy atom. The summed E-state index contributed by atoms with van der Waals surface area (Å²) in [6.45, 7) is 0.450. The summed E-state index contributed by atoms with van der Waals surface area (Å²) in [6, 6.07) is 6.13. The highest BCUT2D eigenvalue weighted by Gasteiger charge is 2.02. The van der Waals surface area contributed by atoms with Gasteiger partial charge in [-0.2, -0.15) is 0 Å². The fourth-order valence-electron chi connectivity index (χ4n) is 1.29. The Morgan fingerprint density at radius 3 is 2.88 bits per heavy atom. The van der Waals surface area contributed by atoms with Crippen LogP contribution in [0.15, 0.2) is 35.1 Å². The molecule has 1 heterocycles. The topological polar surface area (TPSA) is 37.8 Å². The molecule has 0 fully saturated rings. The molecule has 1 N–H and O–H groups in total. The first-order valence-electron chi connectivity index (χ1n) is 4.80. The minimum atomic E-state index is -0.272. The summed E-state index contributed by atoms with van der Waals surface area (Å²) in [4.78, 5) is 7.76. The van der Waals surface area contributed by atoms with Crippen molar-refractivity contribution in [1.82, 2.24) is 9.97 Å². The van der Waals surface area contributed by atoms with E-state index in [9.17, 15) is 4.39 Å². The van der Waals surface area contributed by atoms with Gasteiger partial charge in [-0.05, 0) is 23.8 Å². The maximum Gasteiger partial charge on any atom is 0.134 e. The Kier molecular flexibility index (Phi) is 3.91. The van der Waals surface area contributed by atoms with Crippen LogP contribution in [0.1, 0.15) is 5.56 Å². The van der Waals surface area contributed by atoms with Crippen molar-refractivity contribution in [2.24, 2.45) is 0 Å². The molecule has 0 atom stereocenters. The van der Waals surface area contributed by atoms with Crippen molar-refractivity contribution in [2.45, 2.75) is 6.54 Å². The normalized spacial score (nSPS) is 10.3. The van der Waals surface area contributed by atoms with Crippen LogP contribution in [0.4, 0.5) is 10.2 Å². The lowest BCUT2D eigenvalue weighted by molar-refractivity contribution is 0.625. The Morgan fingerprint density at radius 1 is 1.29 bits per heavy atom. The summed E-state index contributed by atoms with van der Waals surface area (Å²) in [7, 11) is 0. The minimum Gasteiger partial charge on any atom is -0.366 e. The van der Waals surface area contributed by atoms with Crippen LogP contribution in [0.2, 0.25) is 5.15 Å². The summed E-state index contributed by atoms with van der Waals surface area (Å²) in [5.74, 6) is 0.326. The van der Waals surface area contributed by atoms with Gasteiger partial charge in [0.2, 0.25) is 0 Å². The predicted octanol–water partition coefficient (Wildman–Crippen LogP) is 3.64. The average molecular weight is 317 g/mol. The highest BCUT2D eigenvalue weighted by Crippen LogP contribution is 2.19. The maximum absolute atomic E-state index is 13.0. The Hall–Kier alpha value is -1.20. The number of rotatable bonds is 3. The number of aromatic nitrogens is 2. The van der Waals surface area contributed by atoms with Gasteiger partial charge < -0.3 is 5.32 Å². The molecular formula is C11H8BrClFN3. The molecular weight excluding hydrogens is 308 g/mol. The molecule has 0 unspecified atom stereocenters. The Balaban J connectivity index is 2.09. The first kappa shape index (κ1) is 12.3. The summed E-state index contributed by atoms with van der Waals surface area (Å²) < 4.78 is 13.9. The van der Waals surface area contributed by atoms with E-state index in [1.807, 2.05) is 0 Å². The third-order valence-electron chi connectivity index (χ3n) is 2.10. The lowest BCUT2D eigenvalue weighted by Gasteiger charge is -2.07. The van der Waals surface area contributed by atoms with E-state index in [2.05, 4.69) is 31.2 Å². The number of nitrogens with zero attached hydrogens (tertiary/aromatic N) is 2. The van der Waals surface area contributed by atoms with Crippen molar-refractivity contribution in [3.8, 4) is 0 Å². The molecule has 0 aliphatic carbocycles. The van der Waals surface area contributed by atoms with E-state index in [1.54, 1.807) is 12.1 Å². The van der Waals surface area contributed by atoms with Crippen LogP contribution in [-0.2, 0) is 6.54 Å². The molecule has 6 heteroatoms. The second kappa shape index (κ2) is 5.42. The zero-order valence-electron chi connectivity index (χ0n) is 8.62. The van der Waals surface area contributed by atoms with Gasteiger partial charge in [0.05, 0.1) is 0 Å². The summed E-state index contributed by atoms with van der Waals surface area (Å²) in [5.41, 5.74) is 0.805. The Labute approximate surface area is 111 Å². The van der Waals surface area contributed by atoms with Crippen molar-refractivity contribution in [2.75, 3.05) is 5.32 Å². The number of hydrogen-bond donors (Lipinski definition) is 1. The Bertz CT molecular complexity index is 536. The number of halogens is 3. The van der Waals surface area contributed by atoms with Gasteiger partial charge in [0.25, 0.3) is 0 Å². The zero-order valence-corrected chi connectivity index (χ0v) is 11.0. The number of anilines is 1. The van der Waals surface area contributed by atoms with Gasteiger partial charge in [-0.3, -0.25) is 0 Å². The second-order valence-electron chi connectivity index (χ2n) is 3.32. The molecule has 2 rings (SSSR count). The van der Waals surface area contributed by atoms with Gasteiger partial charge in [-0.1, -0.05) is 27.5 Å². The zero-order chi connectivity index (χ0) is 12.3. The van der Waals surface area contributed by atoms with E-state index in [-0.39, 0.29) is 5.82 Å². The van der Waals surface area contributed by atoms with E-state index in [1.165, 1.54) is 18.5 Å². The summed E-state index contributed by atoms with van der Waals surface area (Å²) in [6.07, 6.45) is 1.37. The minimum absolute atomic E-state index is 0.272. The van der Waals surface area contributed by atoms with E-state index < -0.39 is 0 Å². The van der Waals surface area contributed by atoms with Crippen LogP contribution in [0.25, 0.3) is 0 Å². The molecule has 0 spiro atoms. The molecule has 0 radical (unpaired) electrons. The van der Waals surface area contributed by atoms with Crippen molar-refractivity contribution >= 4 is 33.3 Å². The maximum atomic E-state index is 13.0. The third-order valence-corrected chi connectivity index (χ3v) is 3.08. The third kappa shape index (κ3) is 3.38. The molecule has 1 aromatic carbocycles. The molecule has 1 aromatic heterocycles.